The van der Waals surface area contributed by atoms with Crippen LogP contribution in [0.15, 0.2) is 36.4 Å². The fourth-order valence-electron chi connectivity index (χ4n) is 2.06. The molecule has 0 saturated heterocycles. The van der Waals surface area contributed by atoms with Crippen LogP contribution in [0.1, 0.15) is 23.6 Å². The van der Waals surface area contributed by atoms with Crippen molar-refractivity contribution in [1.29, 1.82) is 0 Å². The summed E-state index contributed by atoms with van der Waals surface area (Å²) in [4.78, 5) is 0. The third-order valence-electron chi connectivity index (χ3n) is 3.30. The van der Waals surface area contributed by atoms with E-state index in [4.69, 9.17) is 4.74 Å². The standard InChI is InChI=1S/C17H19F2NO/c1-3-20-10-13-5-4-6-16(19)17(13)21-11-14-9-15(18)8-7-12(14)2/h4-9,20H,3,10-11H2,1-2H3. The van der Waals surface area contributed by atoms with E-state index in [1.807, 2.05) is 19.9 Å². The second-order valence-electron chi connectivity index (χ2n) is 4.87. The van der Waals surface area contributed by atoms with Crippen molar-refractivity contribution in [3.05, 3.63) is 64.7 Å². The van der Waals surface area contributed by atoms with Crippen molar-refractivity contribution in [3.8, 4) is 5.75 Å². The summed E-state index contributed by atoms with van der Waals surface area (Å²) in [5.41, 5.74) is 2.39. The highest BCUT2D eigenvalue weighted by atomic mass is 19.1. The van der Waals surface area contributed by atoms with Gasteiger partial charge in [-0.05, 0) is 42.8 Å². The quantitative estimate of drug-likeness (QED) is 0.869. The molecular weight excluding hydrogens is 272 g/mol. The highest BCUT2D eigenvalue weighted by molar-refractivity contribution is 5.35. The third-order valence-corrected chi connectivity index (χ3v) is 3.30. The molecule has 112 valence electrons. The second kappa shape index (κ2) is 7.18. The van der Waals surface area contributed by atoms with Crippen molar-refractivity contribution < 1.29 is 13.5 Å². The first-order valence-electron chi connectivity index (χ1n) is 6.97. The van der Waals surface area contributed by atoms with Crippen molar-refractivity contribution in [2.45, 2.75) is 27.0 Å². The van der Waals surface area contributed by atoms with Crippen molar-refractivity contribution in [2.24, 2.45) is 0 Å². The Morgan fingerprint density at radius 3 is 2.67 bits per heavy atom. The molecular formula is C17H19F2NO. The van der Waals surface area contributed by atoms with E-state index in [9.17, 15) is 8.78 Å². The first kappa shape index (κ1) is 15.4. The van der Waals surface area contributed by atoms with Gasteiger partial charge in [0.25, 0.3) is 0 Å². The van der Waals surface area contributed by atoms with Crippen LogP contribution in [0.5, 0.6) is 5.75 Å². The van der Waals surface area contributed by atoms with Crippen LogP contribution >= 0.6 is 0 Å². The van der Waals surface area contributed by atoms with Crippen LogP contribution in [0.2, 0.25) is 0 Å². The lowest BCUT2D eigenvalue weighted by atomic mass is 10.1. The van der Waals surface area contributed by atoms with Crippen LogP contribution in [0.3, 0.4) is 0 Å². The van der Waals surface area contributed by atoms with Gasteiger partial charge < -0.3 is 10.1 Å². The molecule has 0 saturated carbocycles. The van der Waals surface area contributed by atoms with Gasteiger partial charge in [-0.15, -0.1) is 0 Å². The summed E-state index contributed by atoms with van der Waals surface area (Å²) in [7, 11) is 0. The van der Waals surface area contributed by atoms with Crippen LogP contribution in [0.25, 0.3) is 0 Å². The number of hydrogen-bond acceptors (Lipinski definition) is 2. The average molecular weight is 291 g/mol. The summed E-state index contributed by atoms with van der Waals surface area (Å²) >= 11 is 0. The first-order chi connectivity index (χ1) is 10.1. The van der Waals surface area contributed by atoms with Gasteiger partial charge in [-0.2, -0.15) is 0 Å². The highest BCUT2D eigenvalue weighted by Crippen LogP contribution is 2.24. The molecule has 0 aliphatic carbocycles. The van der Waals surface area contributed by atoms with Gasteiger partial charge in [0.15, 0.2) is 11.6 Å². The molecule has 2 nitrogen and oxygen atoms in total. The summed E-state index contributed by atoms with van der Waals surface area (Å²) < 4.78 is 32.8. The smallest absolute Gasteiger partial charge is 0.165 e. The van der Waals surface area contributed by atoms with Gasteiger partial charge in [-0.1, -0.05) is 25.1 Å². The Labute approximate surface area is 123 Å². The summed E-state index contributed by atoms with van der Waals surface area (Å²) in [6.45, 7) is 5.32. The minimum atomic E-state index is -0.403. The largest absolute Gasteiger partial charge is 0.485 e. The van der Waals surface area contributed by atoms with Crippen molar-refractivity contribution in [2.75, 3.05) is 6.54 Å². The Kier molecular flexibility index (Phi) is 5.28. The number of benzene rings is 2. The molecule has 2 aromatic carbocycles. The molecule has 21 heavy (non-hydrogen) atoms. The second-order valence-corrected chi connectivity index (χ2v) is 4.87. The topological polar surface area (TPSA) is 21.3 Å². The SMILES string of the molecule is CCNCc1cccc(F)c1OCc1cc(F)ccc1C. The zero-order valence-electron chi connectivity index (χ0n) is 12.2. The van der Waals surface area contributed by atoms with Crippen molar-refractivity contribution in [3.63, 3.8) is 0 Å². The maximum absolute atomic E-state index is 13.9. The van der Waals surface area contributed by atoms with Crippen LogP contribution in [0.4, 0.5) is 8.78 Å². The summed E-state index contributed by atoms with van der Waals surface area (Å²) in [6, 6.07) is 9.35. The Balaban J connectivity index is 2.17. The molecule has 0 amide bonds. The monoisotopic (exact) mass is 291 g/mol. The van der Waals surface area contributed by atoms with Crippen LogP contribution < -0.4 is 10.1 Å². The summed E-state index contributed by atoms with van der Waals surface area (Å²) in [5, 5.41) is 3.14. The maximum Gasteiger partial charge on any atom is 0.165 e. The van der Waals surface area contributed by atoms with E-state index in [0.717, 1.165) is 17.7 Å². The first-order valence-corrected chi connectivity index (χ1v) is 6.97. The van der Waals surface area contributed by atoms with Gasteiger partial charge >= 0.3 is 0 Å². The highest BCUT2D eigenvalue weighted by Gasteiger charge is 2.10. The van der Waals surface area contributed by atoms with Gasteiger partial charge in [0.2, 0.25) is 0 Å². The molecule has 0 spiro atoms. The Morgan fingerprint density at radius 1 is 1.10 bits per heavy atom. The zero-order valence-corrected chi connectivity index (χ0v) is 12.2. The van der Waals surface area contributed by atoms with E-state index in [0.29, 0.717) is 12.1 Å². The predicted octanol–water partition coefficient (Wildman–Crippen LogP) is 3.96. The fourth-order valence-corrected chi connectivity index (χ4v) is 2.06. The Morgan fingerprint density at radius 2 is 1.90 bits per heavy atom. The number of halogens is 2. The summed E-state index contributed by atoms with van der Waals surface area (Å²) in [5.74, 6) is -0.498. The number of ether oxygens (including phenoxy) is 1. The van der Waals surface area contributed by atoms with Crippen LogP contribution in [-0.2, 0) is 13.2 Å². The van der Waals surface area contributed by atoms with E-state index in [1.54, 1.807) is 12.1 Å². The number of rotatable bonds is 6. The van der Waals surface area contributed by atoms with Crippen LogP contribution in [0, 0.1) is 18.6 Å². The van der Waals surface area contributed by atoms with Gasteiger partial charge in [-0.25, -0.2) is 8.78 Å². The van der Waals surface area contributed by atoms with Gasteiger partial charge in [-0.3, -0.25) is 0 Å². The minimum absolute atomic E-state index is 0.143. The van der Waals surface area contributed by atoms with E-state index < -0.39 is 5.82 Å². The third kappa shape index (κ3) is 4.02. The van der Waals surface area contributed by atoms with Crippen LogP contribution in [-0.4, -0.2) is 6.54 Å². The van der Waals surface area contributed by atoms with E-state index in [1.165, 1.54) is 18.2 Å². The molecule has 1 N–H and O–H groups in total. The molecule has 0 bridgehead atoms. The average Bonchev–Trinajstić information content (AvgIpc) is 2.47. The molecule has 0 aliphatic heterocycles. The molecule has 0 atom stereocenters. The van der Waals surface area contributed by atoms with Gasteiger partial charge in [0, 0.05) is 12.1 Å². The number of aryl methyl sites for hydroxylation is 1. The molecule has 0 unspecified atom stereocenters. The summed E-state index contributed by atoms with van der Waals surface area (Å²) in [6.07, 6.45) is 0. The molecule has 4 heteroatoms. The Bertz CT molecular complexity index is 614. The lowest BCUT2D eigenvalue weighted by Crippen LogP contribution is -2.13. The molecule has 0 aliphatic rings. The van der Waals surface area contributed by atoms with Crippen molar-refractivity contribution >= 4 is 0 Å². The number of hydrogen-bond donors (Lipinski definition) is 1. The fraction of sp³-hybridized carbons (Fsp3) is 0.294. The maximum atomic E-state index is 13.9. The molecule has 0 aromatic heterocycles. The lowest BCUT2D eigenvalue weighted by Gasteiger charge is -2.14. The molecule has 2 rings (SSSR count). The van der Waals surface area contributed by atoms with E-state index in [2.05, 4.69) is 5.32 Å². The lowest BCUT2D eigenvalue weighted by molar-refractivity contribution is 0.285. The predicted molar refractivity (Wildman–Crippen MR) is 79.2 cm³/mol. The normalized spacial score (nSPS) is 10.7. The van der Waals surface area contributed by atoms with Gasteiger partial charge in [0.05, 0.1) is 0 Å². The van der Waals surface area contributed by atoms with Crippen molar-refractivity contribution in [1.82, 2.24) is 5.32 Å². The molecule has 0 heterocycles. The molecule has 0 fully saturated rings. The van der Waals surface area contributed by atoms with Gasteiger partial charge in [0.1, 0.15) is 12.4 Å². The van der Waals surface area contributed by atoms with E-state index in [-0.39, 0.29) is 18.2 Å². The number of nitrogens with one attached hydrogen (secondary N) is 1. The number of para-hydroxylation sites is 1. The molecule has 0 radical (unpaired) electrons. The van der Waals surface area contributed by atoms with E-state index >= 15 is 0 Å². The molecule has 2 aromatic rings. The Hall–Kier alpha value is -1.94. The zero-order chi connectivity index (χ0) is 15.2. The minimum Gasteiger partial charge on any atom is -0.485 e.